The molecule has 2 heterocycles. The maximum Gasteiger partial charge on any atom is 0.316 e. The van der Waals surface area contributed by atoms with E-state index in [9.17, 15) is 9.59 Å². The Morgan fingerprint density at radius 3 is 2.31 bits per heavy atom. The maximum atomic E-state index is 13.7. The fourth-order valence-corrected chi connectivity index (χ4v) is 9.32. The number of benzene rings is 1. The van der Waals surface area contributed by atoms with E-state index in [-0.39, 0.29) is 46.6 Å². The molecule has 3 aliphatic carbocycles. The van der Waals surface area contributed by atoms with Gasteiger partial charge in [0.05, 0.1) is 11.5 Å². The molecule has 0 bridgehead atoms. The number of allylic oxidation sites excluding steroid dienone is 2. The number of hydrogen-bond acceptors (Lipinski definition) is 4. The van der Waals surface area contributed by atoms with Crippen molar-refractivity contribution in [2.45, 2.75) is 97.9 Å². The van der Waals surface area contributed by atoms with Crippen LogP contribution in [0.5, 0.6) is 0 Å². The highest BCUT2D eigenvalue weighted by Gasteiger charge is 2.77. The van der Waals surface area contributed by atoms with Crippen LogP contribution in [0.4, 0.5) is 0 Å². The van der Waals surface area contributed by atoms with E-state index in [0.717, 1.165) is 12.8 Å². The van der Waals surface area contributed by atoms with Gasteiger partial charge in [0.2, 0.25) is 0 Å². The van der Waals surface area contributed by atoms with Crippen LogP contribution in [0.3, 0.4) is 0 Å². The van der Waals surface area contributed by atoms with Crippen LogP contribution in [0.15, 0.2) is 47.6 Å². The van der Waals surface area contributed by atoms with Crippen LogP contribution in [-0.4, -0.2) is 30.1 Å². The largest absolute Gasteiger partial charge is 0.459 e. The minimum atomic E-state index is -0.774. The molecule has 0 unspecified atom stereocenters. The zero-order valence-corrected chi connectivity index (χ0v) is 23.0. The maximum absolute atomic E-state index is 13.7. The highest BCUT2D eigenvalue weighted by molar-refractivity contribution is 6.00. The Balaban J connectivity index is 1.47. The van der Waals surface area contributed by atoms with Crippen LogP contribution in [0.2, 0.25) is 0 Å². The van der Waals surface area contributed by atoms with E-state index in [1.165, 1.54) is 22.3 Å². The Hall–Kier alpha value is -2.20. The lowest BCUT2D eigenvalue weighted by Crippen LogP contribution is -2.65. The van der Waals surface area contributed by atoms with Gasteiger partial charge in [-0.25, -0.2) is 0 Å². The molecule has 5 aliphatic rings. The predicted molar refractivity (Wildman–Crippen MR) is 139 cm³/mol. The highest BCUT2D eigenvalue weighted by atomic mass is 16.6. The van der Waals surface area contributed by atoms with Crippen molar-refractivity contribution in [3.8, 4) is 0 Å². The van der Waals surface area contributed by atoms with Gasteiger partial charge in [-0.3, -0.25) is 9.59 Å². The van der Waals surface area contributed by atoms with E-state index < -0.39 is 16.9 Å². The van der Waals surface area contributed by atoms with E-state index in [4.69, 9.17) is 9.47 Å². The van der Waals surface area contributed by atoms with Crippen LogP contribution >= 0.6 is 0 Å². The Bertz CT molecular complexity index is 1220. The number of carbonyl (C=O) groups excluding carboxylic acids is 2. The summed E-state index contributed by atoms with van der Waals surface area (Å²) < 4.78 is 13.0. The normalized spacial score (nSPS) is 45.0. The number of carbonyl (C=O) groups is 2. The number of fused-ring (bicyclic) bond motifs is 4. The van der Waals surface area contributed by atoms with E-state index in [1.807, 2.05) is 6.92 Å². The van der Waals surface area contributed by atoms with Crippen LogP contribution in [-0.2, 0) is 24.5 Å². The first-order chi connectivity index (χ1) is 16.8. The van der Waals surface area contributed by atoms with Gasteiger partial charge in [0.1, 0.15) is 12.2 Å². The number of hydrogen-bond donors (Lipinski definition) is 0. The number of rotatable bonds is 2. The molecule has 6 rings (SSSR count). The zero-order valence-electron chi connectivity index (χ0n) is 23.0. The van der Waals surface area contributed by atoms with Gasteiger partial charge < -0.3 is 9.47 Å². The number of ketones is 1. The van der Waals surface area contributed by atoms with E-state index in [2.05, 4.69) is 72.7 Å². The molecule has 0 N–H and O–H groups in total. The predicted octanol–water partition coefficient (Wildman–Crippen LogP) is 6.29. The minimum absolute atomic E-state index is 0.00119. The first-order valence-electron chi connectivity index (χ1n) is 13.7. The number of ether oxygens (including phenoxy) is 2. The molecule has 36 heavy (non-hydrogen) atoms. The smallest absolute Gasteiger partial charge is 0.316 e. The molecule has 192 valence electrons. The Kier molecular flexibility index (Phi) is 4.84. The summed E-state index contributed by atoms with van der Waals surface area (Å²) in [4.78, 5) is 26.9. The van der Waals surface area contributed by atoms with Crippen molar-refractivity contribution in [1.29, 1.82) is 0 Å². The van der Waals surface area contributed by atoms with Crippen LogP contribution in [0.25, 0.3) is 0 Å². The van der Waals surface area contributed by atoms with Gasteiger partial charge >= 0.3 is 5.97 Å². The molecule has 0 radical (unpaired) electrons. The standard InChI is InChI=1S/C32H40O4/c1-9-22-31(7)23(33)14-15-30(6)26(31)25(36-28(30)34)27-32(22,8)24-17(2)20(16-21(24)35-27)18-10-12-19(13-11-18)29(3,4)5/h10-15,20-22,25-27H,9,16H2,1-8H3/t20-,21-,22-,25-,26+,27-,30-,31+,32-/m1/s1. The summed E-state index contributed by atoms with van der Waals surface area (Å²) in [5.41, 5.74) is 3.73. The fourth-order valence-electron chi connectivity index (χ4n) is 9.32. The summed E-state index contributed by atoms with van der Waals surface area (Å²) in [5, 5.41) is 0. The van der Waals surface area contributed by atoms with Gasteiger partial charge in [-0.1, -0.05) is 83.9 Å². The number of esters is 1. The second-order valence-electron chi connectivity index (χ2n) is 13.7. The van der Waals surface area contributed by atoms with Gasteiger partial charge in [-0.05, 0) is 54.4 Å². The monoisotopic (exact) mass is 488 g/mol. The van der Waals surface area contributed by atoms with Gasteiger partial charge in [0.25, 0.3) is 0 Å². The molecular weight excluding hydrogens is 448 g/mol. The average Bonchev–Trinajstić information content (AvgIpc) is 3.39. The Labute approximate surface area is 215 Å². The van der Waals surface area contributed by atoms with E-state index >= 15 is 0 Å². The second kappa shape index (κ2) is 7.22. The lowest BCUT2D eigenvalue weighted by Gasteiger charge is -2.59. The molecule has 2 aliphatic heterocycles. The highest BCUT2D eigenvalue weighted by Crippen LogP contribution is 2.71. The van der Waals surface area contributed by atoms with Crippen molar-refractivity contribution in [3.63, 3.8) is 0 Å². The molecule has 4 heteroatoms. The lowest BCUT2D eigenvalue weighted by molar-refractivity contribution is -0.186. The molecule has 3 fully saturated rings. The quantitative estimate of drug-likeness (QED) is 0.362. The van der Waals surface area contributed by atoms with Crippen molar-refractivity contribution in [1.82, 2.24) is 0 Å². The fraction of sp³-hybridized carbons (Fsp3) is 0.625. The molecule has 0 amide bonds. The first kappa shape index (κ1) is 24.2. The lowest BCUT2D eigenvalue weighted by atomic mass is 9.42. The molecule has 9 atom stereocenters. The SMILES string of the molecule is CC[C@H]1[C@]2(C)C3=C(C)[C@H](c4ccc(C(C)(C)C)cc4)C[C@H]3O[C@@H]2[C@@H]2OC(=O)[C@]3(C)C=CC(=O)[C@@]1(C)[C@@H]23. The van der Waals surface area contributed by atoms with Crippen molar-refractivity contribution in [2.75, 3.05) is 0 Å². The minimum Gasteiger partial charge on any atom is -0.459 e. The van der Waals surface area contributed by atoms with Crippen LogP contribution in [0.1, 0.15) is 85.3 Å². The summed E-state index contributed by atoms with van der Waals surface area (Å²) in [6, 6.07) is 9.09. The van der Waals surface area contributed by atoms with Crippen molar-refractivity contribution < 1.29 is 19.1 Å². The molecule has 1 aromatic rings. The third kappa shape index (κ3) is 2.69. The van der Waals surface area contributed by atoms with Crippen LogP contribution in [0, 0.1) is 28.1 Å². The summed E-state index contributed by atoms with van der Waals surface area (Å²) in [6.45, 7) is 17.5. The molecule has 4 nitrogen and oxygen atoms in total. The van der Waals surface area contributed by atoms with Gasteiger partial charge in [-0.2, -0.15) is 0 Å². The molecule has 1 aromatic carbocycles. The molecule has 1 saturated carbocycles. The third-order valence-electron chi connectivity index (χ3n) is 11.0. The molecule has 0 aromatic heterocycles. The van der Waals surface area contributed by atoms with Gasteiger partial charge in [0, 0.05) is 22.7 Å². The van der Waals surface area contributed by atoms with Gasteiger partial charge in [0.15, 0.2) is 5.78 Å². The Morgan fingerprint density at radius 2 is 1.69 bits per heavy atom. The zero-order chi connectivity index (χ0) is 26.0. The molecular formula is C32H40O4. The summed E-state index contributed by atoms with van der Waals surface area (Å²) in [6.07, 6.45) is 4.61. The summed E-state index contributed by atoms with van der Waals surface area (Å²) >= 11 is 0. The van der Waals surface area contributed by atoms with E-state index in [1.54, 1.807) is 12.2 Å². The summed E-state index contributed by atoms with van der Waals surface area (Å²) in [5.74, 6) is 0.0970. The topological polar surface area (TPSA) is 52.6 Å². The van der Waals surface area contributed by atoms with Crippen molar-refractivity contribution in [2.24, 2.45) is 28.1 Å². The van der Waals surface area contributed by atoms with Gasteiger partial charge in [-0.15, -0.1) is 0 Å². The average molecular weight is 489 g/mol. The summed E-state index contributed by atoms with van der Waals surface area (Å²) in [7, 11) is 0. The third-order valence-corrected chi connectivity index (χ3v) is 11.0. The Morgan fingerprint density at radius 1 is 1.03 bits per heavy atom. The van der Waals surface area contributed by atoms with Crippen molar-refractivity contribution >= 4 is 11.8 Å². The van der Waals surface area contributed by atoms with Crippen LogP contribution < -0.4 is 0 Å². The molecule has 2 saturated heterocycles. The van der Waals surface area contributed by atoms with E-state index in [0.29, 0.717) is 5.92 Å². The van der Waals surface area contributed by atoms with Crippen molar-refractivity contribution in [3.05, 3.63) is 58.7 Å². The second-order valence-corrected chi connectivity index (χ2v) is 13.7. The first-order valence-corrected chi connectivity index (χ1v) is 13.7. The molecule has 0 spiro atoms.